The number of fused-ring (bicyclic) bond motifs is 6. The first-order chi connectivity index (χ1) is 34.0. The molecular formula is C56H60N8O6. The van der Waals surface area contributed by atoms with Gasteiger partial charge < -0.3 is 39.9 Å². The highest BCUT2D eigenvalue weighted by atomic mass is 16.5. The summed E-state index contributed by atoms with van der Waals surface area (Å²) in [5, 5.41) is 9.90. The fourth-order valence-electron chi connectivity index (χ4n) is 10.8. The van der Waals surface area contributed by atoms with E-state index in [1.165, 1.54) is 26.4 Å². The zero-order chi connectivity index (χ0) is 48.2. The number of alkyl carbamates (subject to hydrolysis) is 1. The van der Waals surface area contributed by atoms with Crippen LogP contribution in [0.2, 0.25) is 0 Å². The molecule has 2 saturated heterocycles. The van der Waals surface area contributed by atoms with Gasteiger partial charge in [-0.3, -0.25) is 14.4 Å². The van der Waals surface area contributed by atoms with Crippen LogP contribution in [0, 0.1) is 23.7 Å². The first-order valence-corrected chi connectivity index (χ1v) is 24.9. The molecule has 2 aromatic heterocycles. The zero-order valence-electron chi connectivity index (χ0n) is 40.0. The Balaban J connectivity index is 0.872. The number of aromatic nitrogens is 4. The standard InChI is InChI=1S/C56H60N8O6/c1-31(2)46(62-56(68)69-4)54(66)63-25-9-14-45(63)51-57-43-23-19-38-26-36(17-21-41(38)48(43)59-51)37-18-22-42-39(27-37)20-24-44-49(42)60-52(58-44)50-32(3)40(30-70-29-33-10-8-11-33)28-64(50)55(67)47(34-12-6-5-7-13-34)61-53(65)35-15-16-35/h5-7,12-13,17-24,26-27,31,33,35,40,45-47,50H,3,8-11,14-16,25,28-30H2,1-2,4H3,(H,57,59)(H,58,60)(H,61,65)(H,62,68)/t40-,45-,46-,47+,50-/m0/s1. The number of likely N-dealkylation sites (tertiary alicyclic amines) is 2. The molecule has 7 aromatic rings. The maximum atomic E-state index is 14.9. The lowest BCUT2D eigenvalue weighted by atomic mass is 9.86. The van der Waals surface area contributed by atoms with Gasteiger partial charge in [-0.25, -0.2) is 14.8 Å². The minimum Gasteiger partial charge on any atom is -0.453 e. The van der Waals surface area contributed by atoms with Gasteiger partial charge in [0.1, 0.15) is 29.8 Å². The Morgan fingerprint density at radius 1 is 0.743 bits per heavy atom. The van der Waals surface area contributed by atoms with Crippen LogP contribution in [0.25, 0.3) is 54.7 Å². The first-order valence-electron chi connectivity index (χ1n) is 24.9. The van der Waals surface area contributed by atoms with E-state index in [9.17, 15) is 19.2 Å². The number of hydrogen-bond donors (Lipinski definition) is 4. The SMILES string of the molecule is C=C1[C@H](COCC2CCC2)CN(C(=O)[C@H](NC(=O)C2CC2)c2ccccc2)[C@@H]1c1nc2c(ccc3cc(-c4ccc5c(ccc6[nH]c([C@@H]7CCCN7C(=O)[C@@H](NC(=O)OC)C(C)C)nc65)c4)ccc32)[nH]1. The summed E-state index contributed by atoms with van der Waals surface area (Å²) in [5.41, 5.74) is 7.13. The molecule has 4 aliphatic rings. The van der Waals surface area contributed by atoms with Crippen LogP contribution in [0.5, 0.6) is 0 Å². The second-order valence-electron chi connectivity index (χ2n) is 20.2. The quantitative estimate of drug-likeness (QED) is 0.0780. The third-order valence-corrected chi connectivity index (χ3v) is 15.2. The van der Waals surface area contributed by atoms with E-state index < -0.39 is 24.2 Å². The number of amides is 4. The van der Waals surface area contributed by atoms with Crippen LogP contribution < -0.4 is 10.6 Å². The van der Waals surface area contributed by atoms with Crippen molar-refractivity contribution in [1.82, 2.24) is 40.4 Å². The van der Waals surface area contributed by atoms with Crippen LogP contribution in [-0.2, 0) is 23.9 Å². The molecule has 14 heteroatoms. The second kappa shape index (κ2) is 18.7. The molecular weight excluding hydrogens is 881 g/mol. The Labute approximate surface area is 406 Å². The molecule has 70 heavy (non-hydrogen) atoms. The van der Waals surface area contributed by atoms with Crippen molar-refractivity contribution in [2.24, 2.45) is 23.7 Å². The topological polar surface area (TPSA) is 175 Å². The average molecular weight is 941 g/mol. The maximum absolute atomic E-state index is 14.9. The minimum absolute atomic E-state index is 0.0542. The Morgan fingerprint density at radius 3 is 2.01 bits per heavy atom. The summed E-state index contributed by atoms with van der Waals surface area (Å²) >= 11 is 0. The summed E-state index contributed by atoms with van der Waals surface area (Å²) in [6, 6.07) is 28.3. The number of carbonyl (C=O) groups excluding carboxylic acids is 4. The van der Waals surface area contributed by atoms with Gasteiger partial charge in [-0.05, 0) is 108 Å². The molecule has 0 bridgehead atoms. The summed E-state index contributed by atoms with van der Waals surface area (Å²) < 4.78 is 11.1. The van der Waals surface area contributed by atoms with Crippen molar-refractivity contribution in [2.75, 3.05) is 33.4 Å². The van der Waals surface area contributed by atoms with Gasteiger partial charge in [0, 0.05) is 42.3 Å². The lowest BCUT2D eigenvalue weighted by Crippen LogP contribution is -2.51. The van der Waals surface area contributed by atoms with Crippen LogP contribution in [-0.4, -0.2) is 93.0 Å². The van der Waals surface area contributed by atoms with Gasteiger partial charge in [0.25, 0.3) is 5.91 Å². The number of ether oxygens (including phenoxy) is 2. The number of rotatable bonds is 14. The van der Waals surface area contributed by atoms with Crippen LogP contribution in [0.1, 0.15) is 94.1 Å². The monoisotopic (exact) mass is 940 g/mol. The lowest BCUT2D eigenvalue weighted by Gasteiger charge is -2.29. The van der Waals surface area contributed by atoms with E-state index in [2.05, 4.69) is 75.7 Å². The van der Waals surface area contributed by atoms with Crippen molar-refractivity contribution in [3.63, 3.8) is 0 Å². The molecule has 2 aliphatic carbocycles. The Bertz CT molecular complexity index is 3170. The predicted molar refractivity (Wildman–Crippen MR) is 269 cm³/mol. The van der Waals surface area contributed by atoms with Crippen molar-refractivity contribution in [2.45, 2.75) is 83.0 Å². The van der Waals surface area contributed by atoms with Crippen molar-refractivity contribution < 1.29 is 28.7 Å². The third-order valence-electron chi connectivity index (χ3n) is 15.2. The summed E-state index contributed by atoms with van der Waals surface area (Å²) in [5.74, 6) is 1.27. The molecule has 360 valence electrons. The third kappa shape index (κ3) is 8.56. The molecule has 0 spiro atoms. The van der Waals surface area contributed by atoms with E-state index in [4.69, 9.17) is 19.4 Å². The first kappa shape index (κ1) is 45.4. The second-order valence-corrected chi connectivity index (χ2v) is 20.2. The minimum atomic E-state index is -0.845. The highest BCUT2D eigenvalue weighted by Gasteiger charge is 2.45. The van der Waals surface area contributed by atoms with E-state index in [0.717, 1.165) is 97.4 Å². The summed E-state index contributed by atoms with van der Waals surface area (Å²) in [6.07, 6.45) is 6.29. The maximum Gasteiger partial charge on any atom is 0.407 e. The van der Waals surface area contributed by atoms with Gasteiger partial charge in [-0.15, -0.1) is 0 Å². The smallest absolute Gasteiger partial charge is 0.407 e. The number of aromatic amines is 2. The van der Waals surface area contributed by atoms with E-state index in [0.29, 0.717) is 38.0 Å². The molecule has 4 amide bonds. The Kier molecular flexibility index (Phi) is 12.1. The van der Waals surface area contributed by atoms with Gasteiger partial charge in [0.2, 0.25) is 11.8 Å². The molecule has 4 N–H and O–H groups in total. The molecule has 11 rings (SSSR count). The van der Waals surface area contributed by atoms with Crippen molar-refractivity contribution in [1.29, 1.82) is 0 Å². The van der Waals surface area contributed by atoms with Crippen LogP contribution in [0.4, 0.5) is 4.79 Å². The zero-order valence-corrected chi connectivity index (χ0v) is 40.0. The van der Waals surface area contributed by atoms with E-state index in [1.54, 1.807) is 0 Å². The Morgan fingerprint density at radius 2 is 1.40 bits per heavy atom. The fourth-order valence-corrected chi connectivity index (χ4v) is 10.8. The van der Waals surface area contributed by atoms with Gasteiger partial charge >= 0.3 is 6.09 Å². The molecule has 4 heterocycles. The number of benzene rings is 5. The van der Waals surface area contributed by atoms with E-state index in [1.807, 2.05) is 66.1 Å². The molecule has 14 nitrogen and oxygen atoms in total. The number of hydrogen-bond acceptors (Lipinski definition) is 8. The van der Waals surface area contributed by atoms with Crippen molar-refractivity contribution in [3.05, 3.63) is 120 Å². The highest BCUT2D eigenvalue weighted by Crippen LogP contribution is 2.43. The molecule has 2 saturated carbocycles. The number of nitrogens with zero attached hydrogens (tertiary/aromatic N) is 4. The van der Waals surface area contributed by atoms with Crippen LogP contribution in [0.15, 0.2) is 103 Å². The number of carbonyl (C=O) groups is 4. The van der Waals surface area contributed by atoms with Crippen LogP contribution >= 0.6 is 0 Å². The summed E-state index contributed by atoms with van der Waals surface area (Å²) in [4.78, 5) is 75.3. The molecule has 5 atom stereocenters. The molecule has 2 aliphatic heterocycles. The molecule has 4 fully saturated rings. The van der Waals surface area contributed by atoms with Gasteiger partial charge in [0.05, 0.1) is 41.8 Å². The predicted octanol–water partition coefficient (Wildman–Crippen LogP) is 9.60. The number of methoxy groups -OCH3 is 1. The summed E-state index contributed by atoms with van der Waals surface area (Å²) in [7, 11) is 1.30. The van der Waals surface area contributed by atoms with Gasteiger partial charge in [-0.2, -0.15) is 0 Å². The normalized spacial score (nSPS) is 20.4. The molecule has 0 unspecified atom stereocenters. The van der Waals surface area contributed by atoms with Gasteiger partial charge in [-0.1, -0.05) is 93.6 Å². The van der Waals surface area contributed by atoms with E-state index in [-0.39, 0.29) is 41.5 Å². The Hall–Kier alpha value is -7.06. The van der Waals surface area contributed by atoms with Crippen molar-refractivity contribution in [3.8, 4) is 11.1 Å². The highest BCUT2D eigenvalue weighted by molar-refractivity contribution is 6.08. The van der Waals surface area contributed by atoms with Crippen LogP contribution in [0.3, 0.4) is 0 Å². The largest absolute Gasteiger partial charge is 0.453 e. The van der Waals surface area contributed by atoms with E-state index >= 15 is 0 Å². The number of imidazole rings is 2. The molecule has 5 aromatic carbocycles. The summed E-state index contributed by atoms with van der Waals surface area (Å²) in [6.45, 7) is 10.6. The number of nitrogens with one attached hydrogen (secondary N) is 4. The lowest BCUT2D eigenvalue weighted by molar-refractivity contribution is -0.138. The average Bonchev–Trinajstić information content (AvgIpc) is 3.63. The van der Waals surface area contributed by atoms with Crippen molar-refractivity contribution >= 4 is 67.4 Å². The number of H-pyrrole nitrogens is 2. The molecule has 0 radical (unpaired) electrons. The fraction of sp³-hybridized carbons (Fsp3) is 0.393. The van der Waals surface area contributed by atoms with Gasteiger partial charge in [0.15, 0.2) is 0 Å².